The first kappa shape index (κ1) is 21.3. The highest BCUT2D eigenvalue weighted by Gasteiger charge is 2.27. The molecule has 0 bridgehead atoms. The molecule has 0 aliphatic carbocycles. The van der Waals surface area contributed by atoms with Gasteiger partial charge in [0, 0.05) is 6.42 Å². The smallest absolute Gasteiger partial charge is 0.316 e. The third kappa shape index (κ3) is 6.95. The predicted octanol–water partition coefficient (Wildman–Crippen LogP) is 4.02. The number of hydrogen-bond donors (Lipinski definition) is 0. The van der Waals surface area contributed by atoms with Crippen LogP contribution in [0.15, 0.2) is 53.7 Å². The Kier molecular flexibility index (Phi) is 8.34. The number of nitrogens with zero attached hydrogens (tertiary/aromatic N) is 1. The lowest BCUT2D eigenvalue weighted by molar-refractivity contribution is -0.151. The van der Waals surface area contributed by atoms with Crippen LogP contribution in [0.25, 0.3) is 0 Å². The number of Topliss-reactive ketones (excluding diaryl/α,β-unsaturated/α-hetero) is 1. The summed E-state index contributed by atoms with van der Waals surface area (Å²) >= 11 is 0. The Hall–Kier alpha value is -3.02. The third-order valence-corrected chi connectivity index (χ3v) is 4.11. The van der Waals surface area contributed by atoms with Gasteiger partial charge in [-0.1, -0.05) is 47.1 Å². The minimum Gasteiger partial charge on any atom is -0.465 e. The number of rotatable bonds is 10. The molecular formula is C22H24FNO4. The van der Waals surface area contributed by atoms with Gasteiger partial charge >= 0.3 is 5.97 Å². The molecule has 0 aliphatic heterocycles. The van der Waals surface area contributed by atoms with Gasteiger partial charge < -0.3 is 9.57 Å². The Morgan fingerprint density at radius 3 is 2.36 bits per heavy atom. The summed E-state index contributed by atoms with van der Waals surface area (Å²) in [6.07, 6.45) is 1.43. The quantitative estimate of drug-likeness (QED) is 0.268. The molecule has 0 saturated heterocycles. The molecule has 1 atom stereocenters. The normalized spacial score (nSPS) is 12.0. The Balaban J connectivity index is 1.90. The monoisotopic (exact) mass is 385 g/mol. The van der Waals surface area contributed by atoms with Crippen LogP contribution in [-0.4, -0.2) is 24.6 Å². The van der Waals surface area contributed by atoms with Crippen molar-refractivity contribution in [2.75, 3.05) is 6.61 Å². The average Bonchev–Trinajstić information content (AvgIpc) is 2.68. The van der Waals surface area contributed by atoms with Crippen molar-refractivity contribution >= 4 is 18.0 Å². The number of aryl methyl sites for hydroxylation is 1. The molecule has 0 N–H and O–H groups in total. The maximum absolute atomic E-state index is 13.1. The van der Waals surface area contributed by atoms with Crippen molar-refractivity contribution < 1.29 is 23.6 Å². The highest BCUT2D eigenvalue weighted by Crippen LogP contribution is 2.14. The predicted molar refractivity (Wildman–Crippen MR) is 104 cm³/mol. The van der Waals surface area contributed by atoms with Crippen molar-refractivity contribution in [3.8, 4) is 0 Å². The summed E-state index contributed by atoms with van der Waals surface area (Å²) in [6, 6.07) is 13.5. The van der Waals surface area contributed by atoms with Gasteiger partial charge in [0.2, 0.25) is 0 Å². The molecular weight excluding hydrogens is 361 g/mol. The van der Waals surface area contributed by atoms with Gasteiger partial charge in [0.15, 0.2) is 5.78 Å². The van der Waals surface area contributed by atoms with Gasteiger partial charge in [-0.25, -0.2) is 4.39 Å². The first-order chi connectivity index (χ1) is 13.5. The average molecular weight is 385 g/mol. The van der Waals surface area contributed by atoms with Crippen LogP contribution < -0.4 is 0 Å². The highest BCUT2D eigenvalue weighted by molar-refractivity contribution is 6.04. The van der Waals surface area contributed by atoms with Gasteiger partial charge in [-0.05, 0) is 43.5 Å². The molecule has 0 fully saturated rings. The standard InChI is InChI=1S/C22H24FNO4/c1-3-27-22(26)20(14-17-8-10-19(23)11-9-17)21(25)12-13-24-28-15-18-6-4-16(2)5-7-18/h4-11,13,20H,3,12,14-15H2,1-2H3/b24-13-/t20-/m0/s1. The van der Waals surface area contributed by atoms with Crippen molar-refractivity contribution in [1.29, 1.82) is 0 Å². The van der Waals surface area contributed by atoms with Crippen LogP contribution in [0.3, 0.4) is 0 Å². The third-order valence-electron chi connectivity index (χ3n) is 4.11. The van der Waals surface area contributed by atoms with E-state index in [1.807, 2.05) is 31.2 Å². The second kappa shape index (κ2) is 11.0. The van der Waals surface area contributed by atoms with Crippen LogP contribution >= 0.6 is 0 Å². The van der Waals surface area contributed by atoms with Gasteiger partial charge in [0.1, 0.15) is 18.3 Å². The SMILES string of the molecule is CCOC(=O)[C@@H](Cc1ccc(F)cc1)C(=O)C/C=N\OCc1ccc(C)cc1. The number of esters is 1. The lowest BCUT2D eigenvalue weighted by Crippen LogP contribution is -2.28. The van der Waals surface area contributed by atoms with E-state index in [9.17, 15) is 14.0 Å². The van der Waals surface area contributed by atoms with Crippen molar-refractivity contribution in [3.63, 3.8) is 0 Å². The molecule has 28 heavy (non-hydrogen) atoms. The molecule has 0 aromatic heterocycles. The molecule has 0 saturated carbocycles. The molecule has 0 radical (unpaired) electrons. The van der Waals surface area contributed by atoms with Gasteiger partial charge in [-0.2, -0.15) is 0 Å². The number of hydrogen-bond acceptors (Lipinski definition) is 5. The molecule has 2 aromatic rings. The van der Waals surface area contributed by atoms with E-state index in [4.69, 9.17) is 9.57 Å². The topological polar surface area (TPSA) is 65.0 Å². The lowest BCUT2D eigenvalue weighted by atomic mass is 9.94. The second-order valence-electron chi connectivity index (χ2n) is 6.35. The van der Waals surface area contributed by atoms with Crippen molar-refractivity contribution in [3.05, 3.63) is 71.0 Å². The first-order valence-corrected chi connectivity index (χ1v) is 9.12. The van der Waals surface area contributed by atoms with Crippen molar-refractivity contribution in [2.24, 2.45) is 11.1 Å². The number of carbonyl (C=O) groups is 2. The van der Waals surface area contributed by atoms with E-state index in [1.54, 1.807) is 19.1 Å². The fraction of sp³-hybridized carbons (Fsp3) is 0.318. The molecule has 0 spiro atoms. The number of ketones is 1. The zero-order valence-corrected chi connectivity index (χ0v) is 16.1. The van der Waals surface area contributed by atoms with E-state index < -0.39 is 11.9 Å². The number of ether oxygens (including phenoxy) is 1. The van der Waals surface area contributed by atoms with Crippen LogP contribution in [0.2, 0.25) is 0 Å². The molecule has 0 amide bonds. The number of halogens is 1. The lowest BCUT2D eigenvalue weighted by Gasteiger charge is -2.13. The summed E-state index contributed by atoms with van der Waals surface area (Å²) in [7, 11) is 0. The van der Waals surface area contributed by atoms with E-state index in [1.165, 1.54) is 18.3 Å². The molecule has 0 heterocycles. The van der Waals surface area contributed by atoms with E-state index in [2.05, 4.69) is 5.16 Å². The summed E-state index contributed by atoms with van der Waals surface area (Å²) in [5, 5.41) is 3.79. The van der Waals surface area contributed by atoms with E-state index >= 15 is 0 Å². The van der Waals surface area contributed by atoms with Gasteiger partial charge in [0.05, 0.1) is 12.8 Å². The summed E-state index contributed by atoms with van der Waals surface area (Å²) in [4.78, 5) is 29.8. The van der Waals surface area contributed by atoms with Crippen LogP contribution in [0.4, 0.5) is 4.39 Å². The Bertz CT molecular complexity index is 800. The molecule has 2 rings (SSSR count). The van der Waals surface area contributed by atoms with E-state index in [0.717, 1.165) is 11.1 Å². The molecule has 0 aliphatic rings. The molecule has 0 unspecified atom stereocenters. The summed E-state index contributed by atoms with van der Waals surface area (Å²) in [6.45, 7) is 4.15. The minimum atomic E-state index is -0.964. The minimum absolute atomic E-state index is 0.0570. The van der Waals surface area contributed by atoms with E-state index in [-0.39, 0.29) is 31.0 Å². The maximum Gasteiger partial charge on any atom is 0.316 e. The Morgan fingerprint density at radius 2 is 1.71 bits per heavy atom. The van der Waals surface area contributed by atoms with Gasteiger partial charge in [-0.15, -0.1) is 0 Å². The van der Waals surface area contributed by atoms with Crippen LogP contribution in [0.5, 0.6) is 0 Å². The van der Waals surface area contributed by atoms with Crippen LogP contribution in [-0.2, 0) is 32.2 Å². The summed E-state index contributed by atoms with van der Waals surface area (Å²) < 4.78 is 18.1. The van der Waals surface area contributed by atoms with Gasteiger partial charge in [-0.3, -0.25) is 9.59 Å². The zero-order valence-electron chi connectivity index (χ0n) is 16.1. The second-order valence-corrected chi connectivity index (χ2v) is 6.35. The Labute approximate surface area is 164 Å². The Morgan fingerprint density at radius 1 is 1.07 bits per heavy atom. The molecule has 6 heteroatoms. The summed E-state index contributed by atoms with van der Waals surface area (Å²) in [5.74, 6) is -2.26. The van der Waals surface area contributed by atoms with Crippen LogP contribution in [0.1, 0.15) is 30.0 Å². The molecule has 148 valence electrons. The fourth-order valence-corrected chi connectivity index (χ4v) is 2.55. The number of oxime groups is 1. The first-order valence-electron chi connectivity index (χ1n) is 9.12. The van der Waals surface area contributed by atoms with E-state index in [0.29, 0.717) is 12.2 Å². The van der Waals surface area contributed by atoms with Gasteiger partial charge in [0.25, 0.3) is 0 Å². The largest absolute Gasteiger partial charge is 0.465 e. The number of benzene rings is 2. The van der Waals surface area contributed by atoms with Crippen molar-refractivity contribution in [1.82, 2.24) is 0 Å². The number of carbonyl (C=O) groups excluding carboxylic acids is 2. The zero-order chi connectivity index (χ0) is 20.4. The summed E-state index contributed by atoms with van der Waals surface area (Å²) in [5.41, 5.74) is 2.80. The molecule has 2 aromatic carbocycles. The molecule has 5 nitrogen and oxygen atoms in total. The fourth-order valence-electron chi connectivity index (χ4n) is 2.55. The highest BCUT2D eigenvalue weighted by atomic mass is 19.1. The maximum atomic E-state index is 13.1. The van der Waals surface area contributed by atoms with Crippen molar-refractivity contribution in [2.45, 2.75) is 33.3 Å². The van der Waals surface area contributed by atoms with Crippen LogP contribution in [0, 0.1) is 18.7 Å².